The van der Waals surface area contributed by atoms with Crippen molar-refractivity contribution in [2.45, 2.75) is 22.2 Å². The number of primary amides is 1. The molecule has 3 aliphatic carbocycles. The van der Waals surface area contributed by atoms with E-state index in [4.69, 9.17) is 33.7 Å². The van der Waals surface area contributed by atoms with Crippen molar-refractivity contribution in [3.8, 4) is 0 Å². The summed E-state index contributed by atoms with van der Waals surface area (Å²) >= 11 is 18.1. The second-order valence-corrected chi connectivity index (χ2v) is 12.3. The van der Waals surface area contributed by atoms with E-state index in [1.165, 1.54) is 0 Å². The van der Waals surface area contributed by atoms with Crippen molar-refractivity contribution in [3.05, 3.63) is 105 Å². The predicted octanol–water partition coefficient (Wildman–Crippen LogP) is 4.01. The van der Waals surface area contributed by atoms with Gasteiger partial charge in [-0.3, -0.25) is 24.1 Å². The van der Waals surface area contributed by atoms with Crippen molar-refractivity contribution in [3.63, 3.8) is 0 Å². The Morgan fingerprint density at radius 1 is 0.829 bits per heavy atom. The third-order valence-electron chi connectivity index (χ3n) is 8.11. The minimum absolute atomic E-state index is 0.284. The van der Waals surface area contributed by atoms with Crippen molar-refractivity contribution in [1.29, 1.82) is 0 Å². The maximum absolute atomic E-state index is 14.2. The van der Waals surface area contributed by atoms with Crippen LogP contribution in [0.2, 0.25) is 0 Å². The number of amides is 3. The highest BCUT2D eigenvalue weighted by Gasteiger charge is 2.73. The standard InChI is InChI=1S/C30H21BrCl2N2O6/c31-16-11-9-15(10-12-16)22(36)14-41-28(40)21(13-23(34)37)35-26(38)24-25(27(35)39)30(33)18-6-2-1-5-17(18)29(24,32)19-7-3-4-8-20(19)30/h1-12,21,24-25H,13-14H2,(H2,34,37)/t21-,24-,25-,29?,30?/m1/s1. The molecule has 7 rings (SSSR count). The van der Waals surface area contributed by atoms with Gasteiger partial charge in [-0.1, -0.05) is 76.6 Å². The maximum atomic E-state index is 14.2. The number of carbonyl (C=O) groups excluding carboxylic acids is 5. The summed E-state index contributed by atoms with van der Waals surface area (Å²) in [6.07, 6.45) is -0.702. The number of ether oxygens (including phenoxy) is 1. The lowest BCUT2D eigenvalue weighted by Crippen LogP contribution is -2.57. The first kappa shape index (κ1) is 27.6. The Morgan fingerprint density at radius 2 is 1.27 bits per heavy atom. The highest BCUT2D eigenvalue weighted by Crippen LogP contribution is 2.69. The van der Waals surface area contributed by atoms with Crippen molar-refractivity contribution >= 4 is 68.6 Å². The number of hydrogen-bond donors (Lipinski definition) is 1. The molecule has 1 aliphatic heterocycles. The number of nitrogens with zero attached hydrogens (tertiary/aromatic N) is 1. The molecular formula is C30H21BrCl2N2O6. The molecule has 0 aromatic heterocycles. The molecule has 3 atom stereocenters. The fourth-order valence-corrected chi connectivity index (χ4v) is 7.78. The zero-order valence-electron chi connectivity index (χ0n) is 21.2. The monoisotopic (exact) mass is 654 g/mol. The van der Waals surface area contributed by atoms with Crippen LogP contribution in [0.5, 0.6) is 0 Å². The summed E-state index contributed by atoms with van der Waals surface area (Å²) < 4.78 is 5.99. The van der Waals surface area contributed by atoms with Crippen LogP contribution in [0.4, 0.5) is 0 Å². The van der Waals surface area contributed by atoms with Gasteiger partial charge >= 0.3 is 5.97 Å². The number of nitrogens with two attached hydrogens (primary N) is 1. The molecule has 208 valence electrons. The van der Waals surface area contributed by atoms with E-state index in [1.54, 1.807) is 72.8 Å². The Balaban J connectivity index is 1.38. The van der Waals surface area contributed by atoms with Crippen LogP contribution < -0.4 is 5.73 Å². The summed E-state index contributed by atoms with van der Waals surface area (Å²) in [5.41, 5.74) is 8.08. The van der Waals surface area contributed by atoms with E-state index < -0.39 is 70.1 Å². The van der Waals surface area contributed by atoms with Gasteiger partial charge in [-0.15, -0.1) is 23.2 Å². The van der Waals surface area contributed by atoms with Crippen LogP contribution in [0.3, 0.4) is 0 Å². The number of halogens is 3. The molecule has 0 radical (unpaired) electrons. The topological polar surface area (TPSA) is 124 Å². The normalized spacial score (nSPS) is 26.2. The number of esters is 1. The highest BCUT2D eigenvalue weighted by molar-refractivity contribution is 9.10. The fourth-order valence-electron chi connectivity index (χ4n) is 6.42. The van der Waals surface area contributed by atoms with Gasteiger partial charge in [0, 0.05) is 10.0 Å². The van der Waals surface area contributed by atoms with Crippen LogP contribution in [0, 0.1) is 11.8 Å². The number of hydrogen-bond acceptors (Lipinski definition) is 6. The molecule has 11 heteroatoms. The van der Waals surface area contributed by atoms with Crippen LogP contribution in [0.25, 0.3) is 0 Å². The second kappa shape index (κ2) is 9.79. The third kappa shape index (κ3) is 3.90. The van der Waals surface area contributed by atoms with Crippen LogP contribution in [0.15, 0.2) is 77.3 Å². The molecule has 4 aliphatic rings. The zero-order chi connectivity index (χ0) is 29.3. The molecular weight excluding hydrogens is 635 g/mol. The average Bonchev–Trinajstić information content (AvgIpc) is 3.24. The lowest BCUT2D eigenvalue weighted by Gasteiger charge is -2.54. The van der Waals surface area contributed by atoms with Gasteiger partial charge in [0.1, 0.15) is 15.8 Å². The van der Waals surface area contributed by atoms with Crippen LogP contribution in [0.1, 0.15) is 39.0 Å². The minimum Gasteiger partial charge on any atom is -0.456 e. The SMILES string of the molecule is NC(=O)C[C@H](C(=O)OCC(=O)c1ccc(Br)cc1)N1C(=O)[C@H]2[C@H](C1=O)C1(Cl)c3ccccc3C2(Cl)c2ccccc21. The van der Waals surface area contributed by atoms with Crippen molar-refractivity contribution in [1.82, 2.24) is 4.90 Å². The third-order valence-corrected chi connectivity index (χ3v) is 9.92. The zero-order valence-corrected chi connectivity index (χ0v) is 24.3. The number of Topliss-reactive ketones (excluding diaryl/α,β-unsaturated/α-hetero) is 1. The van der Waals surface area contributed by atoms with Crippen molar-refractivity contribution in [2.24, 2.45) is 17.6 Å². The van der Waals surface area contributed by atoms with Crippen LogP contribution >= 0.6 is 39.1 Å². The molecule has 3 amide bonds. The molecule has 2 N–H and O–H groups in total. The average molecular weight is 656 g/mol. The van der Waals surface area contributed by atoms with E-state index in [0.717, 1.165) is 4.47 Å². The maximum Gasteiger partial charge on any atom is 0.330 e. The summed E-state index contributed by atoms with van der Waals surface area (Å²) in [4.78, 5) is 64.1. The summed E-state index contributed by atoms with van der Waals surface area (Å²) in [5, 5.41) is 0. The molecule has 1 saturated heterocycles. The van der Waals surface area contributed by atoms with Gasteiger partial charge in [-0.05, 0) is 34.4 Å². The first-order valence-corrected chi connectivity index (χ1v) is 14.2. The van der Waals surface area contributed by atoms with E-state index in [9.17, 15) is 24.0 Å². The summed E-state index contributed by atoms with van der Waals surface area (Å²) in [5.74, 6) is -6.47. The first-order valence-electron chi connectivity index (χ1n) is 12.7. The van der Waals surface area contributed by atoms with Crippen LogP contribution in [-0.2, 0) is 33.7 Å². The number of rotatable bonds is 7. The molecule has 1 heterocycles. The van der Waals surface area contributed by atoms with E-state index in [0.29, 0.717) is 27.2 Å². The molecule has 3 aromatic carbocycles. The summed E-state index contributed by atoms with van der Waals surface area (Å²) in [7, 11) is 0. The molecule has 1 fully saturated rings. The van der Waals surface area contributed by atoms with Crippen molar-refractivity contribution < 1.29 is 28.7 Å². The van der Waals surface area contributed by atoms with Crippen LogP contribution in [-0.4, -0.2) is 47.0 Å². The quantitative estimate of drug-likeness (QED) is 0.178. The van der Waals surface area contributed by atoms with Gasteiger partial charge in [0.2, 0.25) is 17.7 Å². The molecule has 41 heavy (non-hydrogen) atoms. The molecule has 8 nitrogen and oxygen atoms in total. The van der Waals surface area contributed by atoms with Gasteiger partial charge < -0.3 is 10.5 Å². The van der Waals surface area contributed by atoms with Gasteiger partial charge in [0.15, 0.2) is 12.4 Å². The molecule has 3 aromatic rings. The lowest BCUT2D eigenvalue weighted by molar-refractivity contribution is -0.159. The Morgan fingerprint density at radius 3 is 1.68 bits per heavy atom. The molecule has 0 unspecified atom stereocenters. The number of carbonyl (C=O) groups is 5. The van der Waals surface area contributed by atoms with E-state index in [-0.39, 0.29) is 5.56 Å². The minimum atomic E-state index is -1.71. The number of likely N-dealkylation sites (tertiary alicyclic amines) is 1. The summed E-state index contributed by atoms with van der Waals surface area (Å²) in [6, 6.07) is 18.9. The second-order valence-electron chi connectivity index (χ2n) is 10.2. The Labute approximate surface area is 252 Å². The Bertz CT molecular complexity index is 1540. The molecule has 2 bridgehead atoms. The number of benzene rings is 3. The number of ketones is 1. The lowest BCUT2D eigenvalue weighted by atomic mass is 9.54. The predicted molar refractivity (Wildman–Crippen MR) is 152 cm³/mol. The largest absolute Gasteiger partial charge is 0.456 e. The van der Waals surface area contributed by atoms with Gasteiger partial charge in [0.05, 0.1) is 18.3 Å². The smallest absolute Gasteiger partial charge is 0.330 e. The highest BCUT2D eigenvalue weighted by atomic mass is 79.9. The van der Waals surface area contributed by atoms with Gasteiger partial charge in [-0.2, -0.15) is 0 Å². The Kier molecular flexibility index (Phi) is 6.60. The fraction of sp³-hybridized carbons (Fsp3) is 0.233. The van der Waals surface area contributed by atoms with Gasteiger partial charge in [-0.25, -0.2) is 4.79 Å². The van der Waals surface area contributed by atoms with E-state index in [1.807, 2.05) is 0 Å². The summed E-state index contributed by atoms with van der Waals surface area (Å²) in [6.45, 7) is -0.672. The van der Waals surface area contributed by atoms with Gasteiger partial charge in [0.25, 0.3) is 0 Å². The van der Waals surface area contributed by atoms with E-state index >= 15 is 0 Å². The van der Waals surface area contributed by atoms with E-state index in [2.05, 4.69) is 15.9 Å². The first-order chi connectivity index (χ1) is 19.5. The number of imide groups is 1. The number of alkyl halides is 2. The molecule has 0 spiro atoms. The van der Waals surface area contributed by atoms with Crippen molar-refractivity contribution in [2.75, 3.05) is 6.61 Å². The molecule has 0 saturated carbocycles. The Hall–Kier alpha value is -3.53.